The van der Waals surface area contributed by atoms with E-state index in [1.165, 1.54) is 81.6 Å². The molecule has 39 heavy (non-hydrogen) atoms. The Kier molecular flexibility index (Phi) is 13.9. The highest BCUT2D eigenvalue weighted by atomic mass is 35.5. The van der Waals surface area contributed by atoms with Crippen molar-refractivity contribution in [2.24, 2.45) is 0 Å². The lowest BCUT2D eigenvalue weighted by atomic mass is 10.0. The predicted molar refractivity (Wildman–Crippen MR) is 153 cm³/mol. The molecule has 0 spiro atoms. The number of alkyl halides is 1. The molecule has 1 aliphatic rings. The molecule has 3 N–H and O–H groups in total. The van der Waals surface area contributed by atoms with Gasteiger partial charge in [0.2, 0.25) is 11.2 Å². The summed E-state index contributed by atoms with van der Waals surface area (Å²) < 4.78 is 21.5. The summed E-state index contributed by atoms with van der Waals surface area (Å²) >= 11 is 6.10. The molecule has 10 heteroatoms. The summed E-state index contributed by atoms with van der Waals surface area (Å²) in [5.41, 5.74) is 0.274. The van der Waals surface area contributed by atoms with E-state index in [0.29, 0.717) is 11.8 Å². The maximum Gasteiger partial charge on any atom is 0.226 e. The second-order valence-electron chi connectivity index (χ2n) is 10.7. The number of halogens is 2. The zero-order chi connectivity index (χ0) is 28.0. The molecule has 0 bridgehead atoms. The average Bonchev–Trinajstić information content (AvgIpc) is 3.46. The molecule has 2 aromatic heterocycles. The summed E-state index contributed by atoms with van der Waals surface area (Å²) in [6.07, 6.45) is 15.5. The van der Waals surface area contributed by atoms with E-state index in [9.17, 15) is 19.4 Å². The van der Waals surface area contributed by atoms with Crippen LogP contribution in [0.25, 0.3) is 11.0 Å². The van der Waals surface area contributed by atoms with Crippen molar-refractivity contribution in [2.45, 2.75) is 134 Å². The summed E-state index contributed by atoms with van der Waals surface area (Å²) in [4.78, 5) is 20.9. The van der Waals surface area contributed by atoms with Crippen molar-refractivity contribution in [3.8, 4) is 0 Å². The molecular weight excluding hydrogens is 523 g/mol. The van der Waals surface area contributed by atoms with E-state index in [0.717, 1.165) is 19.3 Å². The first-order valence-electron chi connectivity index (χ1n) is 14.9. The Labute approximate surface area is 236 Å². The molecule has 4 atom stereocenters. The molecule has 1 amide bonds. The van der Waals surface area contributed by atoms with Crippen molar-refractivity contribution >= 4 is 34.4 Å². The second kappa shape index (κ2) is 17.1. The summed E-state index contributed by atoms with van der Waals surface area (Å²) in [6, 6.07) is 1.64. The minimum absolute atomic E-state index is 0.0996. The number of anilines is 1. The van der Waals surface area contributed by atoms with Crippen LogP contribution in [0, 0.1) is 0 Å². The number of aliphatic hydroxyl groups is 2. The van der Waals surface area contributed by atoms with E-state index in [2.05, 4.69) is 22.2 Å². The van der Waals surface area contributed by atoms with Crippen LogP contribution in [-0.4, -0.2) is 55.6 Å². The van der Waals surface area contributed by atoms with E-state index in [4.69, 9.17) is 16.3 Å². The van der Waals surface area contributed by atoms with Gasteiger partial charge >= 0.3 is 0 Å². The van der Waals surface area contributed by atoms with E-state index < -0.39 is 31.2 Å². The van der Waals surface area contributed by atoms with Gasteiger partial charge in [-0.25, -0.2) is 4.39 Å². The molecular formula is C29H46ClFN4O4. The monoisotopic (exact) mass is 568 g/mol. The quantitative estimate of drug-likeness (QED) is 0.126. The van der Waals surface area contributed by atoms with Crippen LogP contribution in [0.5, 0.6) is 0 Å². The summed E-state index contributed by atoms with van der Waals surface area (Å²) in [6.45, 7) is 1.75. The van der Waals surface area contributed by atoms with Gasteiger partial charge in [-0.1, -0.05) is 96.8 Å². The Bertz CT molecular complexity index is 1010. The standard InChI is InChI=1S/C29H46ClFN4O4/c1-2-3-4-5-6-7-8-9-10-11-12-13-14-15-16-17-23(37)32-26-21-18-19-35(27(21)34-29(30)33-26)28-24(31)25(38)22(20-36)39-28/h18-19,22,24-25,28,36,38H,2-17,20H2,1H3,(H,32,33,34,37)/t22-,24-,25?,28-/m1/s1. The molecule has 1 aliphatic heterocycles. The molecule has 0 saturated carbocycles. The first-order chi connectivity index (χ1) is 19.0. The lowest BCUT2D eigenvalue weighted by Crippen LogP contribution is -2.30. The maximum absolute atomic E-state index is 14.6. The lowest BCUT2D eigenvalue weighted by Gasteiger charge is -2.16. The van der Waals surface area contributed by atoms with Gasteiger partial charge in [0.25, 0.3) is 0 Å². The van der Waals surface area contributed by atoms with Crippen LogP contribution >= 0.6 is 11.6 Å². The van der Waals surface area contributed by atoms with Gasteiger partial charge in [0.1, 0.15) is 23.7 Å². The number of hydrogen-bond donors (Lipinski definition) is 3. The molecule has 0 aromatic carbocycles. The van der Waals surface area contributed by atoms with Crippen molar-refractivity contribution in [1.29, 1.82) is 0 Å². The van der Waals surface area contributed by atoms with E-state index in [1.807, 2.05) is 0 Å². The fourth-order valence-corrected chi connectivity index (χ4v) is 5.40. The number of hydrogen-bond acceptors (Lipinski definition) is 6. The Morgan fingerprint density at radius 3 is 2.10 bits per heavy atom. The molecule has 1 saturated heterocycles. The minimum Gasteiger partial charge on any atom is -0.394 e. The highest BCUT2D eigenvalue weighted by Crippen LogP contribution is 2.35. The first kappa shape index (κ1) is 31.7. The van der Waals surface area contributed by atoms with Gasteiger partial charge < -0.3 is 24.8 Å². The lowest BCUT2D eigenvalue weighted by molar-refractivity contribution is -0.116. The van der Waals surface area contributed by atoms with Gasteiger partial charge in [0.15, 0.2) is 12.4 Å². The van der Waals surface area contributed by atoms with Crippen LogP contribution < -0.4 is 5.32 Å². The van der Waals surface area contributed by atoms with Gasteiger partial charge in [-0.15, -0.1) is 0 Å². The number of amides is 1. The number of aliphatic hydroxyl groups excluding tert-OH is 2. The number of nitrogens with one attached hydrogen (secondary N) is 1. The molecule has 0 aliphatic carbocycles. The third-order valence-corrected chi connectivity index (χ3v) is 7.73. The zero-order valence-electron chi connectivity index (χ0n) is 23.3. The maximum atomic E-state index is 14.6. The van der Waals surface area contributed by atoms with Crippen LogP contribution in [0.3, 0.4) is 0 Å². The van der Waals surface area contributed by atoms with Crippen LogP contribution in [-0.2, 0) is 9.53 Å². The SMILES string of the molecule is CCCCCCCCCCCCCCCCCC(=O)Nc1nc(Cl)nc2c1ccn2[C@@H]1O[C@H](CO)C(O)[C@H]1F. The molecule has 0 radical (unpaired) electrons. The molecule has 220 valence electrons. The molecule has 3 heterocycles. The van der Waals surface area contributed by atoms with E-state index >= 15 is 0 Å². The van der Waals surface area contributed by atoms with Crippen molar-refractivity contribution in [3.05, 3.63) is 17.5 Å². The Hall–Kier alpha value is -1.81. The van der Waals surface area contributed by atoms with Crippen molar-refractivity contribution < 1.29 is 24.1 Å². The van der Waals surface area contributed by atoms with E-state index in [-0.39, 0.29) is 22.7 Å². The fourth-order valence-electron chi connectivity index (χ4n) is 5.24. The minimum atomic E-state index is -1.75. The summed E-state index contributed by atoms with van der Waals surface area (Å²) in [5, 5.41) is 22.5. The van der Waals surface area contributed by atoms with Crippen molar-refractivity contribution in [1.82, 2.24) is 14.5 Å². The summed E-state index contributed by atoms with van der Waals surface area (Å²) in [5.74, 6) is 0.0899. The van der Waals surface area contributed by atoms with Crippen LogP contribution in [0.1, 0.15) is 116 Å². The van der Waals surface area contributed by atoms with E-state index in [1.54, 1.807) is 12.3 Å². The number of nitrogens with zero attached hydrogens (tertiary/aromatic N) is 3. The number of carbonyl (C=O) groups excluding carboxylic acids is 1. The number of fused-ring (bicyclic) bond motifs is 1. The second-order valence-corrected chi connectivity index (χ2v) is 11.1. The molecule has 2 aromatic rings. The number of aromatic nitrogens is 3. The van der Waals surface area contributed by atoms with Crippen LogP contribution in [0.4, 0.5) is 10.2 Å². The third kappa shape index (κ3) is 9.66. The topological polar surface area (TPSA) is 110 Å². The number of unbranched alkanes of at least 4 members (excludes halogenated alkanes) is 14. The van der Waals surface area contributed by atoms with Crippen molar-refractivity contribution in [3.63, 3.8) is 0 Å². The number of carbonyl (C=O) groups is 1. The molecule has 1 fully saturated rings. The highest BCUT2D eigenvalue weighted by Gasteiger charge is 2.45. The molecule has 1 unspecified atom stereocenters. The summed E-state index contributed by atoms with van der Waals surface area (Å²) in [7, 11) is 0. The highest BCUT2D eigenvalue weighted by molar-refractivity contribution is 6.28. The zero-order valence-corrected chi connectivity index (χ0v) is 24.0. The van der Waals surface area contributed by atoms with Crippen LogP contribution in [0.15, 0.2) is 12.3 Å². The Morgan fingerprint density at radius 1 is 1.00 bits per heavy atom. The molecule has 3 rings (SSSR count). The Morgan fingerprint density at radius 2 is 1.56 bits per heavy atom. The first-order valence-corrected chi connectivity index (χ1v) is 15.3. The smallest absolute Gasteiger partial charge is 0.226 e. The van der Waals surface area contributed by atoms with Gasteiger partial charge in [0.05, 0.1) is 12.0 Å². The van der Waals surface area contributed by atoms with Gasteiger partial charge in [0, 0.05) is 12.6 Å². The Balaban J connectivity index is 1.33. The van der Waals surface area contributed by atoms with Gasteiger partial charge in [-0.3, -0.25) is 4.79 Å². The number of rotatable bonds is 19. The van der Waals surface area contributed by atoms with Crippen LogP contribution in [0.2, 0.25) is 5.28 Å². The fraction of sp³-hybridized carbons (Fsp3) is 0.759. The predicted octanol–water partition coefficient (Wildman–Crippen LogP) is 6.87. The average molecular weight is 569 g/mol. The third-order valence-electron chi connectivity index (χ3n) is 7.56. The van der Waals surface area contributed by atoms with Gasteiger partial charge in [-0.05, 0) is 24.1 Å². The van der Waals surface area contributed by atoms with Gasteiger partial charge in [-0.2, -0.15) is 9.97 Å². The molecule has 8 nitrogen and oxygen atoms in total. The largest absolute Gasteiger partial charge is 0.394 e. The normalized spacial score (nSPS) is 21.2. The van der Waals surface area contributed by atoms with Crippen molar-refractivity contribution in [2.75, 3.05) is 11.9 Å². The number of ether oxygens (including phenoxy) is 1.